The minimum absolute atomic E-state index is 0.0738. The van der Waals surface area contributed by atoms with E-state index in [9.17, 15) is 4.79 Å². The summed E-state index contributed by atoms with van der Waals surface area (Å²) in [7, 11) is 0. The topological polar surface area (TPSA) is 41.1 Å². The summed E-state index contributed by atoms with van der Waals surface area (Å²) in [5.74, 6) is 0.797. The second kappa shape index (κ2) is 5.87. The van der Waals surface area contributed by atoms with Gasteiger partial charge in [0.2, 0.25) is 0 Å². The van der Waals surface area contributed by atoms with Gasteiger partial charge in [0.05, 0.1) is 5.56 Å². The lowest BCUT2D eigenvalue weighted by molar-refractivity contribution is 0.0935. The molecule has 0 saturated heterocycles. The lowest BCUT2D eigenvalue weighted by Gasteiger charge is -2.27. The molecule has 0 spiro atoms. The highest BCUT2D eigenvalue weighted by Crippen LogP contribution is 2.42. The van der Waals surface area contributed by atoms with Crippen LogP contribution < -0.4 is 10.6 Å². The van der Waals surface area contributed by atoms with Crippen molar-refractivity contribution >= 4 is 34.0 Å². The van der Waals surface area contributed by atoms with E-state index in [1.807, 2.05) is 0 Å². The zero-order chi connectivity index (χ0) is 16.0. The van der Waals surface area contributed by atoms with Crippen LogP contribution in [0.15, 0.2) is 29.2 Å². The van der Waals surface area contributed by atoms with E-state index in [-0.39, 0.29) is 12.1 Å². The predicted molar refractivity (Wildman–Crippen MR) is 97.6 cm³/mol. The number of hydrogen-bond donors (Lipinski definition) is 2. The molecule has 0 unspecified atom stereocenters. The Hall–Kier alpha value is -1.46. The number of anilines is 1. The first-order valence-electron chi connectivity index (χ1n) is 8.01. The average molecular weight is 345 g/mol. The second-order valence-electron chi connectivity index (χ2n) is 6.38. The van der Waals surface area contributed by atoms with Crippen LogP contribution in [0.5, 0.6) is 0 Å². The Bertz CT molecular complexity index is 751. The van der Waals surface area contributed by atoms with Crippen LogP contribution in [0.1, 0.15) is 45.9 Å². The summed E-state index contributed by atoms with van der Waals surface area (Å²) in [4.78, 5) is 15.3. The molecule has 120 valence electrons. The van der Waals surface area contributed by atoms with E-state index in [0.29, 0.717) is 0 Å². The third kappa shape index (κ3) is 2.66. The first-order chi connectivity index (χ1) is 11.2. The van der Waals surface area contributed by atoms with Gasteiger partial charge >= 0.3 is 0 Å². The van der Waals surface area contributed by atoms with Crippen molar-refractivity contribution in [1.82, 2.24) is 5.32 Å². The molecule has 2 heterocycles. The molecule has 2 aromatic rings. The van der Waals surface area contributed by atoms with Gasteiger partial charge < -0.3 is 10.6 Å². The minimum Gasteiger partial charge on any atom is -0.353 e. The number of carbonyl (C=O) groups is 1. The van der Waals surface area contributed by atoms with Gasteiger partial charge in [-0.2, -0.15) is 0 Å². The van der Waals surface area contributed by atoms with Crippen molar-refractivity contribution in [2.24, 2.45) is 5.92 Å². The first kappa shape index (κ1) is 15.1. The van der Waals surface area contributed by atoms with Crippen LogP contribution in [0.25, 0.3) is 0 Å². The summed E-state index contributed by atoms with van der Waals surface area (Å²) in [6, 6.07) is 8.38. The number of amides is 1. The SMILES string of the molecule is CSc1ccc([C@@H]2NC(=O)c3c(sc4c3CC[C@H](C)C4)N2)cc1. The molecule has 1 aromatic carbocycles. The predicted octanol–water partition coefficient (Wildman–Crippen LogP) is 4.45. The summed E-state index contributed by atoms with van der Waals surface area (Å²) < 4.78 is 0. The summed E-state index contributed by atoms with van der Waals surface area (Å²) >= 11 is 3.50. The second-order valence-corrected chi connectivity index (χ2v) is 8.36. The fourth-order valence-electron chi connectivity index (χ4n) is 3.43. The molecule has 1 amide bonds. The van der Waals surface area contributed by atoms with Crippen LogP contribution in [0.3, 0.4) is 0 Å². The van der Waals surface area contributed by atoms with Gasteiger partial charge in [0.1, 0.15) is 11.2 Å². The van der Waals surface area contributed by atoms with E-state index < -0.39 is 0 Å². The van der Waals surface area contributed by atoms with E-state index in [2.05, 4.69) is 48.1 Å². The molecule has 1 aromatic heterocycles. The normalized spacial score (nSPS) is 22.8. The molecule has 0 radical (unpaired) electrons. The molecule has 2 N–H and O–H groups in total. The molecule has 1 aliphatic heterocycles. The number of benzene rings is 1. The Morgan fingerprint density at radius 3 is 2.74 bits per heavy atom. The molecule has 23 heavy (non-hydrogen) atoms. The smallest absolute Gasteiger partial charge is 0.256 e. The van der Waals surface area contributed by atoms with Crippen LogP contribution in [-0.4, -0.2) is 12.2 Å². The zero-order valence-corrected chi connectivity index (χ0v) is 14.9. The summed E-state index contributed by atoms with van der Waals surface area (Å²) in [6.45, 7) is 2.30. The van der Waals surface area contributed by atoms with Crippen molar-refractivity contribution in [3.8, 4) is 0 Å². The number of nitrogens with one attached hydrogen (secondary N) is 2. The average Bonchev–Trinajstić information content (AvgIpc) is 2.92. The highest BCUT2D eigenvalue weighted by Gasteiger charge is 2.32. The van der Waals surface area contributed by atoms with Gasteiger partial charge in [0.25, 0.3) is 5.91 Å². The van der Waals surface area contributed by atoms with Gasteiger partial charge in [-0.15, -0.1) is 23.1 Å². The van der Waals surface area contributed by atoms with Gasteiger partial charge in [0, 0.05) is 9.77 Å². The van der Waals surface area contributed by atoms with Gasteiger partial charge in [-0.1, -0.05) is 19.1 Å². The fourth-order valence-corrected chi connectivity index (χ4v) is 5.27. The Balaban J connectivity index is 1.65. The molecule has 0 saturated carbocycles. The maximum atomic E-state index is 12.7. The highest BCUT2D eigenvalue weighted by molar-refractivity contribution is 7.98. The van der Waals surface area contributed by atoms with Crippen molar-refractivity contribution in [1.29, 1.82) is 0 Å². The Morgan fingerprint density at radius 2 is 2.00 bits per heavy atom. The van der Waals surface area contributed by atoms with Crippen molar-refractivity contribution < 1.29 is 4.79 Å². The monoisotopic (exact) mass is 344 g/mol. The largest absolute Gasteiger partial charge is 0.353 e. The van der Waals surface area contributed by atoms with Gasteiger partial charge in [0.15, 0.2) is 0 Å². The molecule has 0 fully saturated rings. The summed E-state index contributed by atoms with van der Waals surface area (Å²) in [5.41, 5.74) is 3.28. The molecular weight excluding hydrogens is 324 g/mol. The molecule has 2 atom stereocenters. The van der Waals surface area contributed by atoms with Crippen LogP contribution in [0.4, 0.5) is 5.00 Å². The molecular formula is C18H20N2OS2. The van der Waals surface area contributed by atoms with Crippen LogP contribution >= 0.6 is 23.1 Å². The van der Waals surface area contributed by atoms with Crippen molar-refractivity contribution in [2.75, 3.05) is 11.6 Å². The molecule has 2 aliphatic rings. The maximum Gasteiger partial charge on any atom is 0.256 e. The number of rotatable bonds is 2. The zero-order valence-electron chi connectivity index (χ0n) is 13.3. The van der Waals surface area contributed by atoms with Crippen molar-refractivity contribution in [3.63, 3.8) is 0 Å². The van der Waals surface area contributed by atoms with E-state index in [4.69, 9.17) is 0 Å². The highest BCUT2D eigenvalue weighted by atomic mass is 32.2. The number of thioether (sulfide) groups is 1. The summed E-state index contributed by atoms with van der Waals surface area (Å²) in [5, 5.41) is 7.70. The molecule has 3 nitrogen and oxygen atoms in total. The number of fused-ring (bicyclic) bond motifs is 3. The lowest BCUT2D eigenvalue weighted by atomic mass is 9.88. The van der Waals surface area contributed by atoms with E-state index >= 15 is 0 Å². The lowest BCUT2D eigenvalue weighted by Crippen LogP contribution is -2.38. The van der Waals surface area contributed by atoms with Crippen LogP contribution in [-0.2, 0) is 12.8 Å². The first-order valence-corrected chi connectivity index (χ1v) is 10.1. The number of carbonyl (C=O) groups excluding carboxylic acids is 1. The van der Waals surface area contributed by atoms with E-state index in [1.54, 1.807) is 23.1 Å². The Labute approximate surface area is 144 Å². The molecule has 5 heteroatoms. The molecule has 0 bridgehead atoms. The van der Waals surface area contributed by atoms with Gasteiger partial charge in [-0.25, -0.2) is 0 Å². The quantitative estimate of drug-likeness (QED) is 0.791. The Kier molecular flexibility index (Phi) is 3.85. The van der Waals surface area contributed by atoms with Crippen LogP contribution in [0, 0.1) is 5.92 Å². The van der Waals surface area contributed by atoms with Crippen molar-refractivity contribution in [3.05, 3.63) is 45.8 Å². The number of hydrogen-bond acceptors (Lipinski definition) is 4. The van der Waals surface area contributed by atoms with E-state index in [1.165, 1.54) is 21.8 Å². The fraction of sp³-hybridized carbons (Fsp3) is 0.389. The summed E-state index contributed by atoms with van der Waals surface area (Å²) in [6.07, 6.45) is 5.25. The number of thiophene rings is 1. The third-order valence-electron chi connectivity index (χ3n) is 4.74. The van der Waals surface area contributed by atoms with Crippen molar-refractivity contribution in [2.45, 2.75) is 37.2 Å². The Morgan fingerprint density at radius 1 is 1.22 bits per heavy atom. The standard InChI is InChI=1S/C18H20N2OS2/c1-10-3-8-13-14(9-10)23-18-15(13)17(21)19-16(20-18)11-4-6-12(22-2)7-5-11/h4-7,10,16,20H,3,8-9H2,1-2H3,(H,19,21)/t10-,16+/m0/s1. The van der Waals surface area contributed by atoms with Crippen LogP contribution in [0.2, 0.25) is 0 Å². The molecule has 1 aliphatic carbocycles. The third-order valence-corrected chi connectivity index (χ3v) is 6.67. The minimum atomic E-state index is -0.136. The maximum absolute atomic E-state index is 12.7. The molecule has 4 rings (SSSR count). The van der Waals surface area contributed by atoms with E-state index in [0.717, 1.165) is 34.9 Å². The van der Waals surface area contributed by atoms with Gasteiger partial charge in [-0.3, -0.25) is 4.79 Å². The van der Waals surface area contributed by atoms with Gasteiger partial charge in [-0.05, 0) is 54.7 Å².